The number of benzene rings is 1. The van der Waals surface area contributed by atoms with E-state index in [0.29, 0.717) is 12.0 Å². The second kappa shape index (κ2) is 10.0. The Balaban J connectivity index is 1.35. The van der Waals surface area contributed by atoms with Gasteiger partial charge in [-0.2, -0.15) is 0 Å². The lowest BCUT2D eigenvalue weighted by molar-refractivity contribution is -0.137. The Labute approximate surface area is 186 Å². The molecule has 1 aromatic rings. The molecular formula is C25H37N3O3. The van der Waals surface area contributed by atoms with Crippen LogP contribution >= 0.6 is 0 Å². The molecule has 0 radical (unpaired) electrons. The van der Waals surface area contributed by atoms with Crippen molar-refractivity contribution in [2.24, 2.45) is 5.92 Å². The number of amides is 2. The maximum absolute atomic E-state index is 13.2. The van der Waals surface area contributed by atoms with Gasteiger partial charge >= 0.3 is 12.0 Å². The fraction of sp³-hybridized carbons (Fsp3) is 0.680. The second-order valence-corrected chi connectivity index (χ2v) is 9.53. The number of fused-ring (bicyclic) bond motifs is 1. The van der Waals surface area contributed by atoms with E-state index in [1.54, 1.807) is 0 Å². The summed E-state index contributed by atoms with van der Waals surface area (Å²) >= 11 is 0. The molecule has 2 aliphatic heterocycles. The van der Waals surface area contributed by atoms with Gasteiger partial charge in [-0.15, -0.1) is 0 Å². The van der Waals surface area contributed by atoms with Crippen molar-refractivity contribution >= 4 is 17.7 Å². The molecule has 0 atom stereocenters. The average Bonchev–Trinajstić information content (AvgIpc) is 3.04. The first kappa shape index (κ1) is 22.1. The Bertz CT molecular complexity index is 788. The number of urea groups is 1. The molecule has 170 valence electrons. The number of hydrogen-bond acceptors (Lipinski definition) is 3. The Morgan fingerprint density at radius 1 is 1.03 bits per heavy atom. The van der Waals surface area contributed by atoms with Gasteiger partial charge in [-0.1, -0.05) is 13.0 Å². The van der Waals surface area contributed by atoms with Gasteiger partial charge in [-0.3, -0.25) is 9.69 Å². The minimum Gasteiger partial charge on any atom is -0.481 e. The van der Waals surface area contributed by atoms with Crippen LogP contribution in [-0.2, 0) is 17.6 Å². The SMILES string of the molecule is CCCN1CCc2ccc(N3CCN(C4CCC(CCC(=O)O)CC4)C3=O)cc2CC1. The summed E-state index contributed by atoms with van der Waals surface area (Å²) in [7, 11) is 0. The van der Waals surface area contributed by atoms with E-state index >= 15 is 0 Å². The summed E-state index contributed by atoms with van der Waals surface area (Å²) in [4.78, 5) is 30.6. The molecule has 4 rings (SSSR count). The van der Waals surface area contributed by atoms with E-state index < -0.39 is 5.97 Å². The minimum atomic E-state index is -0.702. The van der Waals surface area contributed by atoms with Crippen LogP contribution in [0, 0.1) is 5.92 Å². The first-order valence-electron chi connectivity index (χ1n) is 12.2. The number of nitrogens with zero attached hydrogens (tertiary/aromatic N) is 3. The first-order chi connectivity index (χ1) is 15.0. The minimum absolute atomic E-state index is 0.148. The monoisotopic (exact) mass is 427 g/mol. The predicted octanol–water partition coefficient (Wildman–Crippen LogP) is 4.16. The summed E-state index contributed by atoms with van der Waals surface area (Å²) < 4.78 is 0. The second-order valence-electron chi connectivity index (χ2n) is 9.53. The summed E-state index contributed by atoms with van der Waals surface area (Å²) in [5.74, 6) is -0.204. The molecule has 0 aromatic heterocycles. The highest BCUT2D eigenvalue weighted by atomic mass is 16.4. The molecule has 2 amide bonds. The van der Waals surface area contributed by atoms with Crippen LogP contribution in [0.25, 0.3) is 0 Å². The van der Waals surface area contributed by atoms with Gasteiger partial charge in [0.1, 0.15) is 0 Å². The third-order valence-corrected chi connectivity index (χ3v) is 7.50. The number of carboxylic acids is 1. The molecule has 2 heterocycles. The highest BCUT2D eigenvalue weighted by molar-refractivity contribution is 5.94. The molecule has 0 bridgehead atoms. The van der Waals surface area contributed by atoms with Crippen molar-refractivity contribution in [3.63, 3.8) is 0 Å². The quantitative estimate of drug-likeness (QED) is 0.710. The lowest BCUT2D eigenvalue weighted by Gasteiger charge is -2.34. The number of carbonyl (C=O) groups excluding carboxylic acids is 1. The maximum atomic E-state index is 13.2. The summed E-state index contributed by atoms with van der Waals surface area (Å²) in [5, 5.41) is 8.91. The molecule has 31 heavy (non-hydrogen) atoms. The molecule has 2 fully saturated rings. The molecule has 3 aliphatic rings. The van der Waals surface area contributed by atoms with Gasteiger partial charge in [-0.25, -0.2) is 4.79 Å². The van der Waals surface area contributed by atoms with Crippen LogP contribution in [0.1, 0.15) is 63.0 Å². The number of anilines is 1. The molecule has 1 saturated heterocycles. The Kier molecular flexibility index (Phi) is 7.16. The lowest BCUT2D eigenvalue weighted by atomic mass is 9.83. The zero-order valence-corrected chi connectivity index (χ0v) is 18.9. The maximum Gasteiger partial charge on any atom is 0.324 e. The van der Waals surface area contributed by atoms with Crippen molar-refractivity contribution in [3.05, 3.63) is 29.3 Å². The Morgan fingerprint density at radius 3 is 2.48 bits per heavy atom. The first-order valence-corrected chi connectivity index (χ1v) is 12.2. The van der Waals surface area contributed by atoms with E-state index in [9.17, 15) is 9.59 Å². The van der Waals surface area contributed by atoms with Crippen molar-refractivity contribution in [2.45, 2.75) is 70.8 Å². The fourth-order valence-corrected chi connectivity index (χ4v) is 5.67. The summed E-state index contributed by atoms with van der Waals surface area (Å²) in [6.07, 6.45) is 8.47. The molecule has 1 aliphatic carbocycles. The van der Waals surface area contributed by atoms with Gasteiger partial charge in [-0.05, 0) is 87.1 Å². The third kappa shape index (κ3) is 5.22. The van der Waals surface area contributed by atoms with Crippen molar-refractivity contribution in [2.75, 3.05) is 37.6 Å². The Morgan fingerprint density at radius 2 is 1.77 bits per heavy atom. The summed E-state index contributed by atoms with van der Waals surface area (Å²) in [6, 6.07) is 7.09. The van der Waals surface area contributed by atoms with Crippen LogP contribution in [0.15, 0.2) is 18.2 Å². The largest absolute Gasteiger partial charge is 0.481 e. The predicted molar refractivity (Wildman–Crippen MR) is 123 cm³/mol. The van der Waals surface area contributed by atoms with E-state index in [2.05, 4.69) is 34.9 Å². The topological polar surface area (TPSA) is 64.1 Å². The van der Waals surface area contributed by atoms with Crippen molar-refractivity contribution in [3.8, 4) is 0 Å². The summed E-state index contributed by atoms with van der Waals surface area (Å²) in [5.41, 5.74) is 3.89. The van der Waals surface area contributed by atoms with Gasteiger partial charge in [0.05, 0.1) is 0 Å². The number of carbonyl (C=O) groups is 2. The molecule has 1 saturated carbocycles. The van der Waals surface area contributed by atoms with Crippen LogP contribution in [-0.4, -0.2) is 65.7 Å². The Hall–Kier alpha value is -2.08. The van der Waals surface area contributed by atoms with Crippen molar-refractivity contribution in [1.82, 2.24) is 9.80 Å². The molecular weight excluding hydrogens is 390 g/mol. The van der Waals surface area contributed by atoms with Gasteiger partial charge < -0.3 is 14.9 Å². The summed E-state index contributed by atoms with van der Waals surface area (Å²) in [6.45, 7) is 7.20. The average molecular weight is 428 g/mol. The van der Waals surface area contributed by atoms with E-state index in [0.717, 1.165) is 76.8 Å². The smallest absolute Gasteiger partial charge is 0.324 e. The lowest BCUT2D eigenvalue weighted by Crippen LogP contribution is -2.41. The van der Waals surface area contributed by atoms with Crippen LogP contribution in [0.3, 0.4) is 0 Å². The van der Waals surface area contributed by atoms with Crippen molar-refractivity contribution in [1.29, 1.82) is 0 Å². The fourth-order valence-electron chi connectivity index (χ4n) is 5.67. The van der Waals surface area contributed by atoms with Gasteiger partial charge in [0, 0.05) is 44.3 Å². The van der Waals surface area contributed by atoms with E-state index in [-0.39, 0.29) is 12.5 Å². The van der Waals surface area contributed by atoms with Gasteiger partial charge in [0.2, 0.25) is 0 Å². The van der Waals surface area contributed by atoms with Crippen LogP contribution in [0.4, 0.5) is 10.5 Å². The number of hydrogen-bond donors (Lipinski definition) is 1. The standard InChI is InChI=1S/C25H37N3O3/c1-2-13-26-14-11-20-6-9-23(18-21(20)12-15-26)28-17-16-27(25(28)31)22-7-3-19(4-8-22)5-10-24(29)30/h6,9,18-19,22H,2-5,7-8,10-17H2,1H3,(H,29,30). The van der Waals surface area contributed by atoms with E-state index in [1.807, 2.05) is 4.90 Å². The van der Waals surface area contributed by atoms with Gasteiger partial charge in [0.25, 0.3) is 0 Å². The van der Waals surface area contributed by atoms with E-state index in [1.165, 1.54) is 24.1 Å². The normalized spacial score (nSPS) is 24.9. The van der Waals surface area contributed by atoms with Gasteiger partial charge in [0.15, 0.2) is 0 Å². The van der Waals surface area contributed by atoms with E-state index in [4.69, 9.17) is 5.11 Å². The molecule has 0 unspecified atom stereocenters. The van der Waals surface area contributed by atoms with Crippen LogP contribution in [0.2, 0.25) is 0 Å². The number of carboxylic acid groups (broad SMARTS) is 1. The number of rotatable bonds is 7. The highest BCUT2D eigenvalue weighted by Gasteiger charge is 2.36. The van der Waals surface area contributed by atoms with Crippen LogP contribution in [0.5, 0.6) is 0 Å². The van der Waals surface area contributed by atoms with Crippen LogP contribution < -0.4 is 4.90 Å². The molecule has 1 aromatic carbocycles. The molecule has 1 N–H and O–H groups in total. The molecule has 0 spiro atoms. The molecule has 6 nitrogen and oxygen atoms in total. The molecule has 6 heteroatoms. The van der Waals surface area contributed by atoms with Crippen molar-refractivity contribution < 1.29 is 14.7 Å². The third-order valence-electron chi connectivity index (χ3n) is 7.50. The zero-order valence-electron chi connectivity index (χ0n) is 18.9. The number of aliphatic carboxylic acids is 1. The zero-order chi connectivity index (χ0) is 21.8. The highest BCUT2D eigenvalue weighted by Crippen LogP contribution is 2.33.